The van der Waals surface area contributed by atoms with Crippen molar-refractivity contribution in [3.05, 3.63) is 63.4 Å². The van der Waals surface area contributed by atoms with E-state index in [9.17, 15) is 18.0 Å². The van der Waals surface area contributed by atoms with Crippen LogP contribution >= 0.6 is 23.2 Å². The number of ketones is 1. The lowest BCUT2D eigenvalue weighted by molar-refractivity contribution is -0.128. The van der Waals surface area contributed by atoms with Crippen LogP contribution in [0.25, 0.3) is 11.0 Å². The van der Waals surface area contributed by atoms with Gasteiger partial charge in [-0.05, 0) is 25.1 Å². The van der Waals surface area contributed by atoms with Gasteiger partial charge < -0.3 is 4.57 Å². The topological polar surface area (TPSA) is 34.9 Å². The highest BCUT2D eigenvalue weighted by Gasteiger charge is 2.31. The molecule has 8 heteroatoms. The molecule has 0 spiro atoms. The van der Waals surface area contributed by atoms with Crippen LogP contribution in [0.4, 0.5) is 13.2 Å². The van der Waals surface area contributed by atoms with Crippen molar-refractivity contribution in [2.24, 2.45) is 0 Å². The number of imidazole rings is 1. The van der Waals surface area contributed by atoms with Crippen LogP contribution in [-0.4, -0.2) is 21.5 Å². The molecule has 3 aromatic rings. The van der Waals surface area contributed by atoms with E-state index in [1.54, 1.807) is 18.2 Å². The monoisotopic (exact) mass is 400 g/mol. The molecule has 0 saturated carbocycles. The summed E-state index contributed by atoms with van der Waals surface area (Å²) in [6.45, 7) is 1.56. The molecule has 3 rings (SSSR count). The number of rotatable bonds is 4. The third-order valence-corrected chi connectivity index (χ3v) is 4.59. The van der Waals surface area contributed by atoms with Crippen LogP contribution in [0.2, 0.25) is 10.0 Å². The summed E-state index contributed by atoms with van der Waals surface area (Å²) in [5.41, 5.74) is 1.90. The Hall–Kier alpha value is -2.05. The van der Waals surface area contributed by atoms with E-state index in [0.29, 0.717) is 11.1 Å². The first-order valence-electron chi connectivity index (χ1n) is 7.65. The van der Waals surface area contributed by atoms with E-state index in [2.05, 4.69) is 4.98 Å². The Bertz CT molecular complexity index is 996. The fourth-order valence-corrected chi connectivity index (χ4v) is 3.03. The zero-order valence-corrected chi connectivity index (χ0v) is 15.1. The summed E-state index contributed by atoms with van der Waals surface area (Å²) in [5.74, 6) is -0.575. The van der Waals surface area contributed by atoms with Crippen LogP contribution in [0.15, 0.2) is 36.4 Å². The van der Waals surface area contributed by atoms with Crippen LogP contribution in [-0.2, 0) is 13.0 Å². The number of benzene rings is 2. The average Bonchev–Trinajstić information content (AvgIpc) is 2.83. The molecule has 26 heavy (non-hydrogen) atoms. The standard InChI is InChI=1S/C18H13Cl2F3N2O/c1-10-3-2-4-11(5-10)16(26)9-25-15-7-13(20)12(19)6-14(15)24-17(25)8-18(21,22)23/h2-7H,8-9H2,1H3. The van der Waals surface area contributed by atoms with E-state index in [1.165, 1.54) is 16.7 Å². The molecule has 0 saturated heterocycles. The number of aromatic nitrogens is 2. The lowest BCUT2D eigenvalue weighted by Crippen LogP contribution is -2.19. The van der Waals surface area contributed by atoms with Gasteiger partial charge in [-0.1, -0.05) is 47.0 Å². The highest BCUT2D eigenvalue weighted by molar-refractivity contribution is 6.42. The second-order valence-electron chi connectivity index (χ2n) is 5.95. The SMILES string of the molecule is Cc1cccc(C(=O)Cn2c(CC(F)(F)F)nc3cc(Cl)c(Cl)cc32)c1. The highest BCUT2D eigenvalue weighted by atomic mass is 35.5. The van der Waals surface area contributed by atoms with Crippen molar-refractivity contribution in [1.82, 2.24) is 9.55 Å². The van der Waals surface area contributed by atoms with Gasteiger partial charge in [0.1, 0.15) is 12.2 Å². The smallest absolute Gasteiger partial charge is 0.320 e. The van der Waals surface area contributed by atoms with E-state index in [1.807, 2.05) is 13.0 Å². The normalized spacial score (nSPS) is 11.9. The maximum Gasteiger partial charge on any atom is 0.396 e. The van der Waals surface area contributed by atoms with Crippen molar-refractivity contribution < 1.29 is 18.0 Å². The fourth-order valence-electron chi connectivity index (χ4n) is 2.71. The van der Waals surface area contributed by atoms with Gasteiger partial charge in [-0.15, -0.1) is 0 Å². The number of Topliss-reactive ketones (excluding diaryl/α,β-unsaturated/α-hetero) is 1. The number of alkyl halides is 3. The van der Waals surface area contributed by atoms with Crippen molar-refractivity contribution in [1.29, 1.82) is 0 Å². The molecular formula is C18H13Cl2F3N2O. The molecule has 0 fully saturated rings. The summed E-state index contributed by atoms with van der Waals surface area (Å²) >= 11 is 11.9. The minimum Gasteiger partial charge on any atom is -0.320 e. The van der Waals surface area contributed by atoms with Crippen molar-refractivity contribution in [2.75, 3.05) is 0 Å². The van der Waals surface area contributed by atoms with Crippen molar-refractivity contribution in [3.8, 4) is 0 Å². The minimum absolute atomic E-state index is 0.182. The molecule has 136 valence electrons. The summed E-state index contributed by atoms with van der Waals surface area (Å²) < 4.78 is 40.0. The van der Waals surface area contributed by atoms with Crippen LogP contribution in [0.3, 0.4) is 0 Å². The van der Waals surface area contributed by atoms with Crippen molar-refractivity contribution >= 4 is 40.0 Å². The zero-order chi connectivity index (χ0) is 19.1. The molecule has 0 aliphatic rings. The molecule has 0 radical (unpaired) electrons. The van der Waals surface area contributed by atoms with E-state index in [-0.39, 0.29) is 33.7 Å². The van der Waals surface area contributed by atoms with Gasteiger partial charge in [-0.25, -0.2) is 4.98 Å². The summed E-state index contributed by atoms with van der Waals surface area (Å²) in [5, 5.41) is 0.370. The number of fused-ring (bicyclic) bond motifs is 1. The van der Waals surface area contributed by atoms with Crippen LogP contribution in [0, 0.1) is 6.92 Å². The summed E-state index contributed by atoms with van der Waals surface area (Å²) in [6, 6.07) is 9.70. The second-order valence-corrected chi connectivity index (χ2v) is 6.77. The molecule has 0 aliphatic carbocycles. The lowest BCUT2D eigenvalue weighted by atomic mass is 10.1. The number of hydrogen-bond acceptors (Lipinski definition) is 2. The van der Waals surface area contributed by atoms with Gasteiger partial charge in [0.25, 0.3) is 0 Å². The summed E-state index contributed by atoms with van der Waals surface area (Å²) in [4.78, 5) is 16.6. The molecule has 0 N–H and O–H groups in total. The summed E-state index contributed by atoms with van der Waals surface area (Å²) in [7, 11) is 0. The van der Waals surface area contributed by atoms with Crippen LogP contribution in [0.5, 0.6) is 0 Å². The van der Waals surface area contributed by atoms with Gasteiger partial charge in [0.2, 0.25) is 0 Å². The second kappa shape index (κ2) is 6.93. The Kier molecular flexibility index (Phi) is 4.99. The van der Waals surface area contributed by atoms with E-state index in [4.69, 9.17) is 23.2 Å². The molecular weight excluding hydrogens is 388 g/mol. The van der Waals surface area contributed by atoms with Crippen molar-refractivity contribution in [2.45, 2.75) is 26.1 Å². The number of carbonyl (C=O) groups excluding carboxylic acids is 1. The molecule has 0 amide bonds. The number of carbonyl (C=O) groups is 1. The molecule has 0 unspecified atom stereocenters. The maximum atomic E-state index is 12.9. The average molecular weight is 401 g/mol. The third-order valence-electron chi connectivity index (χ3n) is 3.87. The van der Waals surface area contributed by atoms with Gasteiger partial charge in [-0.2, -0.15) is 13.2 Å². The molecule has 0 atom stereocenters. The Morgan fingerprint density at radius 3 is 2.50 bits per heavy atom. The molecule has 0 bridgehead atoms. The molecule has 1 heterocycles. The quantitative estimate of drug-likeness (QED) is 0.531. The van der Waals surface area contributed by atoms with Gasteiger partial charge in [-0.3, -0.25) is 4.79 Å². The molecule has 3 nitrogen and oxygen atoms in total. The van der Waals surface area contributed by atoms with Gasteiger partial charge in [0, 0.05) is 5.56 Å². The predicted molar refractivity (Wildman–Crippen MR) is 95.0 cm³/mol. The number of halogens is 5. The number of hydrogen-bond donors (Lipinski definition) is 0. The first-order valence-corrected chi connectivity index (χ1v) is 8.40. The Balaban J connectivity index is 2.08. The summed E-state index contributed by atoms with van der Waals surface area (Å²) in [6.07, 6.45) is -5.71. The zero-order valence-electron chi connectivity index (χ0n) is 13.6. The largest absolute Gasteiger partial charge is 0.396 e. The molecule has 0 aliphatic heterocycles. The minimum atomic E-state index is -4.46. The van der Waals surface area contributed by atoms with E-state index >= 15 is 0 Å². The van der Waals surface area contributed by atoms with Gasteiger partial charge in [0.15, 0.2) is 5.78 Å². The Labute approximate surface area is 157 Å². The number of nitrogens with zero attached hydrogens (tertiary/aromatic N) is 2. The predicted octanol–water partition coefficient (Wildman–Crippen LogP) is 5.64. The highest BCUT2D eigenvalue weighted by Crippen LogP contribution is 2.30. The van der Waals surface area contributed by atoms with Crippen LogP contribution < -0.4 is 0 Å². The Morgan fingerprint density at radius 1 is 1.15 bits per heavy atom. The maximum absolute atomic E-state index is 12.9. The van der Waals surface area contributed by atoms with Gasteiger partial charge in [0.05, 0.1) is 27.6 Å². The Morgan fingerprint density at radius 2 is 1.85 bits per heavy atom. The third kappa shape index (κ3) is 4.02. The first-order chi connectivity index (χ1) is 12.1. The van der Waals surface area contributed by atoms with Crippen LogP contribution in [0.1, 0.15) is 21.7 Å². The number of aryl methyl sites for hydroxylation is 1. The van der Waals surface area contributed by atoms with Crippen molar-refractivity contribution in [3.63, 3.8) is 0 Å². The molecule has 2 aromatic carbocycles. The lowest BCUT2D eigenvalue weighted by Gasteiger charge is -2.11. The van der Waals surface area contributed by atoms with E-state index < -0.39 is 12.6 Å². The van der Waals surface area contributed by atoms with E-state index in [0.717, 1.165) is 5.56 Å². The first kappa shape index (κ1) is 18.7. The molecule has 1 aromatic heterocycles. The van der Waals surface area contributed by atoms with Gasteiger partial charge >= 0.3 is 6.18 Å². The fraction of sp³-hybridized carbons (Fsp3) is 0.222.